The zero-order valence-electron chi connectivity index (χ0n) is 6.58. The maximum Gasteiger partial charge on any atom is 0.205 e. The Morgan fingerprint density at radius 2 is 1.46 bits per heavy atom. The monoisotopic (exact) mass is 182 g/mol. The van der Waals surface area contributed by atoms with E-state index < -0.39 is 12.5 Å². The zero-order valence-corrected chi connectivity index (χ0v) is 6.58. The summed E-state index contributed by atoms with van der Waals surface area (Å²) in [5, 5.41) is 21.3. The van der Waals surface area contributed by atoms with E-state index in [0.29, 0.717) is 0 Å². The lowest BCUT2D eigenvalue weighted by Gasteiger charge is -2.09. The van der Waals surface area contributed by atoms with E-state index in [4.69, 9.17) is 10.5 Å². The Labute approximate surface area is 73.9 Å². The van der Waals surface area contributed by atoms with Gasteiger partial charge in [0, 0.05) is 0 Å². The van der Waals surface area contributed by atoms with Gasteiger partial charge >= 0.3 is 0 Å². The topological polar surface area (TPSA) is 116 Å². The van der Waals surface area contributed by atoms with Gasteiger partial charge in [0.15, 0.2) is 0 Å². The third-order valence-corrected chi connectivity index (χ3v) is 1.08. The fourth-order valence-corrected chi connectivity index (χ4v) is 0.558. The van der Waals surface area contributed by atoms with Gasteiger partial charge in [0.1, 0.15) is 0 Å². The van der Waals surface area contributed by atoms with Crippen LogP contribution in [-0.4, -0.2) is 12.5 Å². The Bertz CT molecular complexity index is 228. The third-order valence-electron chi connectivity index (χ3n) is 1.08. The van der Waals surface area contributed by atoms with Gasteiger partial charge in [-0.2, -0.15) is 10.5 Å². The molecule has 2 unspecified atom stereocenters. The number of ether oxygens (including phenoxy) is 1. The second-order valence-electron chi connectivity index (χ2n) is 1.98. The summed E-state index contributed by atoms with van der Waals surface area (Å²) in [4.78, 5) is 20.0. The smallest absolute Gasteiger partial charge is 0.205 e. The fourth-order valence-electron chi connectivity index (χ4n) is 0.558. The van der Waals surface area contributed by atoms with Gasteiger partial charge in [0.25, 0.3) is 0 Å². The first kappa shape index (κ1) is 11.1. The minimum atomic E-state index is -1.24. The van der Waals surface area contributed by atoms with E-state index in [1.807, 2.05) is 0 Å². The summed E-state index contributed by atoms with van der Waals surface area (Å²) < 4.78 is 4.63. The summed E-state index contributed by atoms with van der Waals surface area (Å²) in [5.41, 5.74) is 0. The Morgan fingerprint density at radius 1 is 1.08 bits per heavy atom. The average Bonchev–Trinajstić information content (AvgIpc) is 2.16. The molecule has 0 spiro atoms. The van der Waals surface area contributed by atoms with E-state index in [0.717, 1.165) is 0 Å². The first-order chi connectivity index (χ1) is 6.28. The largest absolute Gasteiger partial charge is 0.322 e. The molecule has 0 saturated heterocycles. The number of hydrogen-bond acceptors (Lipinski definition) is 7. The zero-order chi connectivity index (χ0) is 10.1. The average molecular weight is 182 g/mol. The third kappa shape index (κ3) is 4.56. The molecule has 0 N–H and O–H groups in total. The van der Waals surface area contributed by atoms with Crippen LogP contribution in [0.15, 0.2) is 10.4 Å². The second kappa shape index (κ2) is 6.83. The van der Waals surface area contributed by atoms with Crippen LogP contribution in [0.25, 0.3) is 0 Å². The molecule has 0 radical (unpaired) electrons. The molecule has 0 aromatic carbocycles. The standard InChI is InChI=1S/C6H6N4O3/c7-3-1-5(9-11)13-6(10-12)2-4-8/h5-6H,1-2H2. The lowest BCUT2D eigenvalue weighted by Crippen LogP contribution is -2.17. The summed E-state index contributed by atoms with van der Waals surface area (Å²) in [6, 6.07) is 3.29. The Morgan fingerprint density at radius 3 is 1.69 bits per heavy atom. The normalized spacial score (nSPS) is 13.4. The van der Waals surface area contributed by atoms with Gasteiger partial charge in [-0.25, -0.2) is 0 Å². The molecule has 13 heavy (non-hydrogen) atoms. The predicted octanol–water partition coefficient (Wildman–Crippen LogP) is 1.02. The van der Waals surface area contributed by atoms with Crippen molar-refractivity contribution in [2.75, 3.05) is 0 Å². The highest BCUT2D eigenvalue weighted by molar-refractivity contribution is 4.79. The molecular formula is C6H6N4O3. The van der Waals surface area contributed by atoms with Crippen LogP contribution in [0.4, 0.5) is 0 Å². The van der Waals surface area contributed by atoms with Crippen LogP contribution in [0, 0.1) is 32.5 Å². The molecule has 68 valence electrons. The maximum absolute atomic E-state index is 10.00. The Kier molecular flexibility index (Phi) is 5.85. The summed E-state index contributed by atoms with van der Waals surface area (Å²) in [6.45, 7) is 0. The van der Waals surface area contributed by atoms with Crippen molar-refractivity contribution < 1.29 is 4.74 Å². The molecule has 0 aliphatic rings. The minimum Gasteiger partial charge on any atom is -0.322 e. The van der Waals surface area contributed by atoms with Crippen molar-refractivity contribution in [2.24, 2.45) is 10.4 Å². The molecule has 0 rings (SSSR count). The van der Waals surface area contributed by atoms with Crippen molar-refractivity contribution in [3.63, 3.8) is 0 Å². The molecule has 0 saturated carbocycles. The van der Waals surface area contributed by atoms with Gasteiger partial charge in [-0.1, -0.05) is 0 Å². The van der Waals surface area contributed by atoms with Crippen LogP contribution >= 0.6 is 0 Å². The van der Waals surface area contributed by atoms with Crippen LogP contribution < -0.4 is 0 Å². The number of nitriles is 2. The van der Waals surface area contributed by atoms with E-state index in [-0.39, 0.29) is 12.8 Å². The Hall–Kier alpha value is -1.86. The first-order valence-electron chi connectivity index (χ1n) is 3.32. The molecule has 0 aromatic rings. The number of nitrogens with zero attached hydrogens (tertiary/aromatic N) is 4. The minimum absolute atomic E-state index is 0.263. The summed E-state index contributed by atoms with van der Waals surface area (Å²) >= 11 is 0. The first-order valence-corrected chi connectivity index (χ1v) is 3.32. The summed E-state index contributed by atoms with van der Waals surface area (Å²) in [5.74, 6) is 0. The van der Waals surface area contributed by atoms with Gasteiger partial charge in [0.05, 0.1) is 25.0 Å². The molecule has 0 aliphatic carbocycles. The molecule has 0 bridgehead atoms. The summed E-state index contributed by atoms with van der Waals surface area (Å²) in [6.07, 6.45) is -3.00. The van der Waals surface area contributed by atoms with E-state index in [1.165, 1.54) is 0 Å². The van der Waals surface area contributed by atoms with E-state index in [1.54, 1.807) is 12.1 Å². The van der Waals surface area contributed by atoms with Crippen molar-refractivity contribution in [3.8, 4) is 12.1 Å². The van der Waals surface area contributed by atoms with Crippen LogP contribution in [0.2, 0.25) is 0 Å². The molecule has 0 aliphatic heterocycles. The van der Waals surface area contributed by atoms with Crippen LogP contribution in [0.1, 0.15) is 12.8 Å². The molecule has 0 fully saturated rings. The molecule has 0 heterocycles. The number of nitroso groups, excluding NO2 is 2. The number of rotatable bonds is 6. The second-order valence-corrected chi connectivity index (χ2v) is 1.98. The van der Waals surface area contributed by atoms with Crippen LogP contribution in [-0.2, 0) is 4.74 Å². The molecule has 2 atom stereocenters. The van der Waals surface area contributed by atoms with E-state index >= 15 is 0 Å². The lowest BCUT2D eigenvalue weighted by atomic mass is 10.4. The van der Waals surface area contributed by atoms with Crippen LogP contribution in [0.5, 0.6) is 0 Å². The van der Waals surface area contributed by atoms with Gasteiger partial charge in [-0.3, -0.25) is 0 Å². The van der Waals surface area contributed by atoms with Crippen molar-refractivity contribution >= 4 is 0 Å². The van der Waals surface area contributed by atoms with E-state index in [9.17, 15) is 9.81 Å². The van der Waals surface area contributed by atoms with Gasteiger partial charge in [0.2, 0.25) is 12.5 Å². The van der Waals surface area contributed by atoms with Crippen LogP contribution in [0.3, 0.4) is 0 Å². The highest BCUT2D eigenvalue weighted by Gasteiger charge is 2.16. The highest BCUT2D eigenvalue weighted by atomic mass is 16.5. The van der Waals surface area contributed by atoms with Crippen molar-refractivity contribution in [2.45, 2.75) is 25.3 Å². The number of hydrogen-bond donors (Lipinski definition) is 0. The fraction of sp³-hybridized carbons (Fsp3) is 0.667. The predicted molar refractivity (Wildman–Crippen MR) is 40.7 cm³/mol. The van der Waals surface area contributed by atoms with Crippen molar-refractivity contribution in [1.29, 1.82) is 10.5 Å². The molecule has 0 aromatic heterocycles. The lowest BCUT2D eigenvalue weighted by molar-refractivity contribution is 0.00140. The Balaban J connectivity index is 4.05. The van der Waals surface area contributed by atoms with Crippen molar-refractivity contribution in [1.82, 2.24) is 0 Å². The van der Waals surface area contributed by atoms with Gasteiger partial charge < -0.3 is 4.74 Å². The SMILES string of the molecule is N#CCC(N=O)OC(CC#N)N=O. The highest BCUT2D eigenvalue weighted by Crippen LogP contribution is 2.07. The van der Waals surface area contributed by atoms with Crippen molar-refractivity contribution in [3.05, 3.63) is 9.81 Å². The molecule has 7 nitrogen and oxygen atoms in total. The molecule has 0 amide bonds. The summed E-state index contributed by atoms with van der Waals surface area (Å²) in [7, 11) is 0. The van der Waals surface area contributed by atoms with Gasteiger partial charge in [-0.15, -0.1) is 9.81 Å². The quantitative estimate of drug-likeness (QED) is 0.568. The van der Waals surface area contributed by atoms with Gasteiger partial charge in [-0.05, 0) is 10.4 Å². The van der Waals surface area contributed by atoms with E-state index in [2.05, 4.69) is 15.1 Å². The molecular weight excluding hydrogens is 176 g/mol. The maximum atomic E-state index is 10.00. The molecule has 7 heteroatoms.